The number of amides is 1. The number of hydrogen-bond donors (Lipinski definition) is 1. The van der Waals surface area contributed by atoms with E-state index in [1.54, 1.807) is 26.3 Å². The molecule has 0 aliphatic heterocycles. The molecule has 0 heterocycles. The summed E-state index contributed by atoms with van der Waals surface area (Å²) in [5.41, 5.74) is 0.510. The van der Waals surface area contributed by atoms with Gasteiger partial charge in [-0.15, -0.1) is 0 Å². The fourth-order valence-electron chi connectivity index (χ4n) is 1.41. The lowest BCUT2D eigenvalue weighted by Crippen LogP contribution is -2.21. The van der Waals surface area contributed by atoms with E-state index >= 15 is 0 Å². The highest BCUT2D eigenvalue weighted by molar-refractivity contribution is 7.96. The van der Waals surface area contributed by atoms with Crippen molar-refractivity contribution in [1.29, 1.82) is 0 Å². The molecule has 6 heteroatoms. The van der Waals surface area contributed by atoms with Gasteiger partial charge in [-0.1, -0.05) is 12.6 Å². The molecule has 0 aliphatic carbocycles. The first-order chi connectivity index (χ1) is 8.04. The lowest BCUT2D eigenvalue weighted by molar-refractivity contribution is 0.266. The molecule has 0 bridgehead atoms. The van der Waals surface area contributed by atoms with Gasteiger partial charge in [0.15, 0.2) is 0 Å². The van der Waals surface area contributed by atoms with Crippen LogP contribution in [0.25, 0.3) is 0 Å². The molecule has 0 saturated heterocycles. The van der Waals surface area contributed by atoms with Gasteiger partial charge in [-0.05, 0) is 0 Å². The van der Waals surface area contributed by atoms with E-state index < -0.39 is 5.24 Å². The van der Waals surface area contributed by atoms with Crippen LogP contribution in [-0.4, -0.2) is 33.6 Å². The molecule has 0 unspecified atom stereocenters. The summed E-state index contributed by atoms with van der Waals surface area (Å²) in [6.45, 7) is 0. The minimum atomic E-state index is -0.410. The summed E-state index contributed by atoms with van der Waals surface area (Å²) in [5.74, 6) is 1.54. The van der Waals surface area contributed by atoms with E-state index in [1.165, 1.54) is 19.1 Å². The smallest absolute Gasteiger partial charge is 0.282 e. The van der Waals surface area contributed by atoms with Crippen LogP contribution < -0.4 is 19.1 Å². The Morgan fingerprint density at radius 2 is 1.59 bits per heavy atom. The number of thiol groups is 1. The zero-order chi connectivity index (χ0) is 13.0. The summed E-state index contributed by atoms with van der Waals surface area (Å²) in [6.07, 6.45) is 0. The molecule has 0 N–H and O–H groups in total. The fraction of sp³-hybridized carbons (Fsp3) is 0.364. The molecule has 0 atom stereocenters. The van der Waals surface area contributed by atoms with E-state index in [4.69, 9.17) is 14.2 Å². The Balaban J connectivity index is 3.39. The van der Waals surface area contributed by atoms with Gasteiger partial charge in [-0.25, -0.2) is 0 Å². The quantitative estimate of drug-likeness (QED) is 0.840. The molecule has 1 amide bonds. The molecule has 5 nitrogen and oxygen atoms in total. The Hall–Kier alpha value is -1.56. The summed E-state index contributed by atoms with van der Waals surface area (Å²) in [5, 5.41) is -0.410. The maximum Gasteiger partial charge on any atom is 0.282 e. The topological polar surface area (TPSA) is 48.0 Å². The predicted molar refractivity (Wildman–Crippen MR) is 68.9 cm³/mol. The van der Waals surface area contributed by atoms with Gasteiger partial charge in [-0.2, -0.15) is 0 Å². The van der Waals surface area contributed by atoms with Crippen LogP contribution in [0.4, 0.5) is 10.5 Å². The lowest BCUT2D eigenvalue weighted by Gasteiger charge is -2.21. The van der Waals surface area contributed by atoms with Gasteiger partial charge in [0, 0.05) is 19.2 Å². The maximum absolute atomic E-state index is 11.3. The SMILES string of the molecule is COc1cc(OC)c(N(C)C(=O)S)c(OC)c1. The zero-order valence-corrected chi connectivity index (χ0v) is 11.1. The molecule has 0 aliphatic rings. The number of benzene rings is 1. The lowest BCUT2D eigenvalue weighted by atomic mass is 10.2. The Morgan fingerprint density at radius 3 is 1.88 bits per heavy atom. The van der Waals surface area contributed by atoms with Crippen LogP contribution >= 0.6 is 12.6 Å². The fourth-order valence-corrected chi connectivity index (χ4v) is 1.51. The molecule has 1 aromatic carbocycles. The van der Waals surface area contributed by atoms with Crippen molar-refractivity contribution < 1.29 is 19.0 Å². The minimum absolute atomic E-state index is 0.410. The molecule has 0 aromatic heterocycles. The standard InChI is InChI=1S/C11H15NO4S/c1-12(11(13)17)10-8(15-3)5-7(14-2)6-9(10)16-4/h5-6H,1-4H3,(H,13,17). The van der Waals surface area contributed by atoms with E-state index in [0.29, 0.717) is 22.9 Å². The highest BCUT2D eigenvalue weighted by Gasteiger charge is 2.19. The minimum Gasteiger partial charge on any atom is -0.496 e. The third kappa shape index (κ3) is 2.76. The van der Waals surface area contributed by atoms with Gasteiger partial charge >= 0.3 is 0 Å². The molecule has 94 valence electrons. The van der Waals surface area contributed by atoms with Gasteiger partial charge in [-0.3, -0.25) is 4.79 Å². The summed E-state index contributed by atoms with van der Waals surface area (Å²) in [4.78, 5) is 12.6. The van der Waals surface area contributed by atoms with E-state index in [0.717, 1.165) is 0 Å². The van der Waals surface area contributed by atoms with Crippen molar-refractivity contribution in [1.82, 2.24) is 0 Å². The van der Waals surface area contributed by atoms with Crippen molar-refractivity contribution in [2.45, 2.75) is 0 Å². The van der Waals surface area contributed by atoms with Crippen molar-refractivity contribution in [2.24, 2.45) is 0 Å². The van der Waals surface area contributed by atoms with Crippen molar-refractivity contribution in [3.63, 3.8) is 0 Å². The third-order valence-electron chi connectivity index (χ3n) is 2.31. The molecule has 0 radical (unpaired) electrons. The molecule has 0 fully saturated rings. The van der Waals surface area contributed by atoms with Gasteiger partial charge in [0.25, 0.3) is 5.24 Å². The summed E-state index contributed by atoms with van der Waals surface area (Å²) < 4.78 is 15.5. The number of methoxy groups -OCH3 is 3. The number of carbonyl (C=O) groups is 1. The van der Waals surface area contributed by atoms with Gasteiger partial charge < -0.3 is 19.1 Å². The Labute approximate surface area is 106 Å². The second-order valence-electron chi connectivity index (χ2n) is 3.22. The van der Waals surface area contributed by atoms with Crippen molar-refractivity contribution in [3.8, 4) is 17.2 Å². The molecule has 17 heavy (non-hydrogen) atoms. The Kier molecular flexibility index (Phi) is 4.51. The molecular formula is C11H15NO4S. The molecule has 0 saturated carbocycles. The van der Waals surface area contributed by atoms with Crippen LogP contribution in [0.2, 0.25) is 0 Å². The van der Waals surface area contributed by atoms with Crippen molar-refractivity contribution >= 4 is 23.6 Å². The Bertz CT molecular complexity index is 397. The number of anilines is 1. The summed E-state index contributed by atoms with van der Waals surface area (Å²) >= 11 is 3.77. The van der Waals surface area contributed by atoms with Gasteiger partial charge in [0.05, 0.1) is 21.3 Å². The van der Waals surface area contributed by atoms with Crippen molar-refractivity contribution in [2.75, 3.05) is 33.3 Å². The number of nitrogens with zero attached hydrogens (tertiary/aromatic N) is 1. The Morgan fingerprint density at radius 1 is 1.12 bits per heavy atom. The molecule has 1 rings (SSSR count). The second kappa shape index (κ2) is 5.67. The average molecular weight is 257 g/mol. The second-order valence-corrected chi connectivity index (χ2v) is 3.60. The van der Waals surface area contributed by atoms with Gasteiger partial charge in [0.1, 0.15) is 22.9 Å². The third-order valence-corrected chi connectivity index (χ3v) is 2.61. The number of hydrogen-bond acceptors (Lipinski definition) is 4. The zero-order valence-electron chi connectivity index (χ0n) is 10.2. The van der Waals surface area contributed by atoms with Crippen LogP contribution in [0.5, 0.6) is 17.2 Å². The molecular weight excluding hydrogens is 242 g/mol. The highest BCUT2D eigenvalue weighted by Crippen LogP contribution is 2.41. The highest BCUT2D eigenvalue weighted by atomic mass is 32.1. The monoisotopic (exact) mass is 257 g/mol. The normalized spacial score (nSPS) is 9.71. The van der Waals surface area contributed by atoms with Crippen LogP contribution in [0.3, 0.4) is 0 Å². The van der Waals surface area contributed by atoms with Crippen LogP contribution in [0.1, 0.15) is 0 Å². The number of carbonyl (C=O) groups excluding carboxylic acids is 1. The van der Waals surface area contributed by atoms with Crippen LogP contribution in [0, 0.1) is 0 Å². The van der Waals surface area contributed by atoms with E-state index in [1.807, 2.05) is 0 Å². The summed E-state index contributed by atoms with van der Waals surface area (Å²) in [6, 6.07) is 3.34. The maximum atomic E-state index is 11.3. The average Bonchev–Trinajstić information content (AvgIpc) is 2.35. The first-order valence-electron chi connectivity index (χ1n) is 4.81. The number of rotatable bonds is 4. The van der Waals surface area contributed by atoms with Crippen molar-refractivity contribution in [3.05, 3.63) is 12.1 Å². The first-order valence-corrected chi connectivity index (χ1v) is 5.26. The van der Waals surface area contributed by atoms with Crippen LogP contribution in [-0.2, 0) is 0 Å². The predicted octanol–water partition coefficient (Wildman–Crippen LogP) is 2.20. The van der Waals surface area contributed by atoms with Crippen LogP contribution in [0.15, 0.2) is 12.1 Å². The molecule has 0 spiro atoms. The first kappa shape index (κ1) is 13.5. The van der Waals surface area contributed by atoms with E-state index in [-0.39, 0.29) is 0 Å². The largest absolute Gasteiger partial charge is 0.496 e. The number of ether oxygens (including phenoxy) is 3. The summed E-state index contributed by atoms with van der Waals surface area (Å²) in [7, 11) is 6.15. The van der Waals surface area contributed by atoms with Gasteiger partial charge in [0.2, 0.25) is 0 Å². The van der Waals surface area contributed by atoms with E-state index in [9.17, 15) is 4.79 Å². The molecule has 1 aromatic rings. The van der Waals surface area contributed by atoms with E-state index in [2.05, 4.69) is 12.6 Å².